The lowest BCUT2D eigenvalue weighted by atomic mass is 10.2. The van der Waals surface area contributed by atoms with Crippen LogP contribution in [0.1, 0.15) is 30.1 Å². The zero-order chi connectivity index (χ0) is 14.7. The standard InChI is InChI=1S/C14H16ClIN2O2/c1-9(8-18-6-2-3-13(18)19)17-14(20)10-4-5-12(16)11(15)7-10/h4-5,7,9H,2-3,6,8H2,1H3,(H,17,20). The van der Waals surface area contributed by atoms with Gasteiger partial charge in [0.15, 0.2) is 0 Å². The third kappa shape index (κ3) is 3.85. The molecule has 6 heteroatoms. The van der Waals surface area contributed by atoms with E-state index in [9.17, 15) is 9.59 Å². The fourth-order valence-electron chi connectivity index (χ4n) is 2.22. The molecule has 1 N–H and O–H groups in total. The van der Waals surface area contributed by atoms with Crippen LogP contribution < -0.4 is 5.32 Å². The molecule has 0 radical (unpaired) electrons. The minimum absolute atomic E-state index is 0.0809. The van der Waals surface area contributed by atoms with Crippen molar-refractivity contribution in [3.63, 3.8) is 0 Å². The van der Waals surface area contributed by atoms with Gasteiger partial charge in [0.1, 0.15) is 0 Å². The number of carbonyl (C=O) groups is 2. The Hall–Kier alpha value is -0.820. The van der Waals surface area contributed by atoms with Crippen molar-refractivity contribution in [2.75, 3.05) is 13.1 Å². The van der Waals surface area contributed by atoms with Crippen LogP contribution in [0.4, 0.5) is 0 Å². The molecule has 2 rings (SSSR count). The summed E-state index contributed by atoms with van der Waals surface area (Å²) in [6, 6.07) is 5.14. The predicted octanol–water partition coefficient (Wildman–Crippen LogP) is 2.69. The number of nitrogens with zero attached hydrogens (tertiary/aromatic N) is 1. The summed E-state index contributed by atoms with van der Waals surface area (Å²) in [6.45, 7) is 3.24. The number of hydrogen-bond acceptors (Lipinski definition) is 2. The molecule has 1 heterocycles. The quantitative estimate of drug-likeness (QED) is 0.782. The first-order valence-corrected chi connectivity index (χ1v) is 7.96. The molecule has 4 nitrogen and oxygen atoms in total. The lowest BCUT2D eigenvalue weighted by Gasteiger charge is -2.21. The molecule has 2 amide bonds. The molecule has 1 saturated heterocycles. The third-order valence-electron chi connectivity index (χ3n) is 3.22. The van der Waals surface area contributed by atoms with Crippen LogP contribution in [-0.2, 0) is 4.79 Å². The molecule has 108 valence electrons. The minimum Gasteiger partial charge on any atom is -0.348 e. The SMILES string of the molecule is CC(CN1CCCC1=O)NC(=O)c1ccc(I)c(Cl)c1. The maximum atomic E-state index is 12.1. The van der Waals surface area contributed by atoms with Gasteiger partial charge in [0.2, 0.25) is 5.91 Å². The summed E-state index contributed by atoms with van der Waals surface area (Å²) in [4.78, 5) is 25.4. The molecular formula is C14H16ClIN2O2. The van der Waals surface area contributed by atoms with Crippen molar-refractivity contribution in [2.24, 2.45) is 0 Å². The summed E-state index contributed by atoms with van der Waals surface area (Å²) >= 11 is 8.13. The number of likely N-dealkylation sites (tertiary alicyclic amines) is 1. The topological polar surface area (TPSA) is 49.4 Å². The number of carbonyl (C=O) groups excluding carboxylic acids is 2. The molecule has 1 aromatic carbocycles. The van der Waals surface area contributed by atoms with Gasteiger partial charge in [0.25, 0.3) is 5.91 Å². The molecular weight excluding hydrogens is 391 g/mol. The maximum absolute atomic E-state index is 12.1. The smallest absolute Gasteiger partial charge is 0.251 e. The highest BCUT2D eigenvalue weighted by atomic mass is 127. The first-order chi connectivity index (χ1) is 9.47. The third-order valence-corrected chi connectivity index (χ3v) is 4.80. The maximum Gasteiger partial charge on any atom is 0.251 e. The van der Waals surface area contributed by atoms with Crippen molar-refractivity contribution in [1.29, 1.82) is 0 Å². The molecule has 1 aliphatic rings. The molecule has 1 aromatic rings. The summed E-state index contributed by atoms with van der Waals surface area (Å²) in [5, 5.41) is 3.47. The van der Waals surface area contributed by atoms with E-state index in [4.69, 9.17) is 11.6 Å². The minimum atomic E-state index is -0.164. The summed E-state index contributed by atoms with van der Waals surface area (Å²) < 4.78 is 0.913. The van der Waals surface area contributed by atoms with Crippen molar-refractivity contribution in [2.45, 2.75) is 25.8 Å². The highest BCUT2D eigenvalue weighted by molar-refractivity contribution is 14.1. The Morgan fingerprint density at radius 3 is 2.90 bits per heavy atom. The fraction of sp³-hybridized carbons (Fsp3) is 0.429. The van der Waals surface area contributed by atoms with Gasteiger partial charge in [-0.05, 0) is 54.1 Å². The summed E-state index contributed by atoms with van der Waals surface area (Å²) in [7, 11) is 0. The van der Waals surface area contributed by atoms with Crippen molar-refractivity contribution in [1.82, 2.24) is 10.2 Å². The number of hydrogen-bond donors (Lipinski definition) is 1. The second-order valence-electron chi connectivity index (χ2n) is 4.95. The molecule has 1 unspecified atom stereocenters. The van der Waals surface area contributed by atoms with Crippen LogP contribution in [0.25, 0.3) is 0 Å². The van der Waals surface area contributed by atoms with Gasteiger partial charge in [-0.1, -0.05) is 11.6 Å². The first-order valence-electron chi connectivity index (χ1n) is 6.51. The molecule has 1 aliphatic heterocycles. The van der Waals surface area contributed by atoms with Crippen LogP contribution in [0.5, 0.6) is 0 Å². The van der Waals surface area contributed by atoms with Gasteiger partial charge < -0.3 is 10.2 Å². The van der Waals surface area contributed by atoms with E-state index >= 15 is 0 Å². The Labute approximate surface area is 137 Å². The Morgan fingerprint density at radius 2 is 2.30 bits per heavy atom. The number of nitrogens with one attached hydrogen (secondary N) is 1. The van der Waals surface area contributed by atoms with Crippen LogP contribution in [-0.4, -0.2) is 35.8 Å². The van der Waals surface area contributed by atoms with Gasteiger partial charge in [0, 0.05) is 34.7 Å². The van der Waals surface area contributed by atoms with Crippen molar-refractivity contribution >= 4 is 46.0 Å². The first kappa shape index (κ1) is 15.6. The summed E-state index contributed by atoms with van der Waals surface area (Å²) in [6.07, 6.45) is 1.53. The number of halogens is 2. The lowest BCUT2D eigenvalue weighted by molar-refractivity contribution is -0.127. The van der Waals surface area contributed by atoms with Gasteiger partial charge in [-0.25, -0.2) is 0 Å². The van der Waals surface area contributed by atoms with Gasteiger partial charge in [-0.3, -0.25) is 9.59 Å². The predicted molar refractivity (Wildman–Crippen MR) is 86.9 cm³/mol. The van der Waals surface area contributed by atoms with Crippen LogP contribution in [0.3, 0.4) is 0 Å². The van der Waals surface area contributed by atoms with E-state index in [1.807, 2.05) is 13.0 Å². The Balaban J connectivity index is 1.93. The van der Waals surface area contributed by atoms with Crippen LogP contribution in [0.2, 0.25) is 5.02 Å². The highest BCUT2D eigenvalue weighted by Gasteiger charge is 2.22. The molecule has 20 heavy (non-hydrogen) atoms. The van der Waals surface area contributed by atoms with E-state index in [1.54, 1.807) is 17.0 Å². The lowest BCUT2D eigenvalue weighted by Crippen LogP contribution is -2.42. The van der Waals surface area contributed by atoms with Crippen molar-refractivity contribution in [3.8, 4) is 0 Å². The molecule has 0 saturated carbocycles. The molecule has 1 atom stereocenters. The summed E-state index contributed by atoms with van der Waals surface area (Å²) in [5.74, 6) is 0.00542. The van der Waals surface area contributed by atoms with E-state index in [0.717, 1.165) is 16.5 Å². The zero-order valence-electron chi connectivity index (χ0n) is 11.2. The monoisotopic (exact) mass is 406 g/mol. The van der Waals surface area contributed by atoms with E-state index in [0.29, 0.717) is 23.6 Å². The Morgan fingerprint density at radius 1 is 1.55 bits per heavy atom. The van der Waals surface area contributed by atoms with E-state index in [2.05, 4.69) is 27.9 Å². The van der Waals surface area contributed by atoms with E-state index in [-0.39, 0.29) is 17.9 Å². The molecule has 0 aliphatic carbocycles. The number of amides is 2. The number of rotatable bonds is 4. The Bertz CT molecular complexity index is 536. The van der Waals surface area contributed by atoms with Gasteiger partial charge in [-0.15, -0.1) is 0 Å². The van der Waals surface area contributed by atoms with Crippen molar-refractivity contribution < 1.29 is 9.59 Å². The Kier molecular flexibility index (Phi) is 5.26. The van der Waals surface area contributed by atoms with Crippen LogP contribution >= 0.6 is 34.2 Å². The zero-order valence-corrected chi connectivity index (χ0v) is 14.1. The normalized spacial score (nSPS) is 16.4. The molecule has 0 bridgehead atoms. The number of benzene rings is 1. The van der Waals surface area contributed by atoms with Gasteiger partial charge in [0.05, 0.1) is 5.02 Å². The van der Waals surface area contributed by atoms with Gasteiger partial charge >= 0.3 is 0 Å². The van der Waals surface area contributed by atoms with Gasteiger partial charge in [-0.2, -0.15) is 0 Å². The molecule has 0 spiro atoms. The van der Waals surface area contributed by atoms with Crippen LogP contribution in [0.15, 0.2) is 18.2 Å². The molecule has 0 aromatic heterocycles. The second-order valence-corrected chi connectivity index (χ2v) is 6.52. The second kappa shape index (κ2) is 6.76. The summed E-state index contributed by atoms with van der Waals surface area (Å²) in [5.41, 5.74) is 0.537. The van der Waals surface area contributed by atoms with Crippen molar-refractivity contribution in [3.05, 3.63) is 32.4 Å². The van der Waals surface area contributed by atoms with E-state index in [1.165, 1.54) is 0 Å². The average Bonchev–Trinajstić information content (AvgIpc) is 2.78. The van der Waals surface area contributed by atoms with E-state index < -0.39 is 0 Å². The largest absolute Gasteiger partial charge is 0.348 e. The van der Waals surface area contributed by atoms with Crippen LogP contribution in [0, 0.1) is 3.57 Å². The molecule has 1 fully saturated rings. The highest BCUT2D eigenvalue weighted by Crippen LogP contribution is 2.19. The fourth-order valence-corrected chi connectivity index (χ4v) is 2.73. The average molecular weight is 407 g/mol.